The number of hydrogen-bond acceptors (Lipinski definition) is 5. The van der Waals surface area contributed by atoms with Gasteiger partial charge in [0.05, 0.1) is 0 Å². The first kappa shape index (κ1) is 49.9. The Hall–Kier alpha value is 0.0243. The van der Waals surface area contributed by atoms with Crippen LogP contribution in [-0.4, -0.2) is 35.5 Å². The molecule has 0 spiro atoms. The molecule has 37 heavy (non-hydrogen) atoms. The number of hydrogen-bond donors (Lipinski definition) is 1. The van der Waals surface area contributed by atoms with Gasteiger partial charge in [0.1, 0.15) is 0 Å². The summed E-state index contributed by atoms with van der Waals surface area (Å²) in [6, 6.07) is 0. The molecular weight excluding hydrogens is 504 g/mol. The van der Waals surface area contributed by atoms with Gasteiger partial charge in [-0.2, -0.15) is 0 Å². The van der Waals surface area contributed by atoms with Crippen LogP contribution in [0.5, 0.6) is 0 Å². The van der Waals surface area contributed by atoms with Gasteiger partial charge < -0.3 is 25.5 Å². The standard InChI is InChI=1S/C18H36O2.4C3H7O.Ti/c1-17(2)15-13-11-9-7-5-3-4-6-8-10-12-14-16-18(19)20;4*1-3(2)4;/h17H,3-16H2,1-2H3,(H,19,20);4*3H,1-2H3;/q;4*-1;+4. The Morgan fingerprint density at radius 2 is 0.676 bits per heavy atom. The van der Waals surface area contributed by atoms with Crippen molar-refractivity contribution in [2.45, 2.75) is 184 Å². The van der Waals surface area contributed by atoms with Crippen LogP contribution in [0.3, 0.4) is 0 Å². The zero-order valence-electron chi connectivity index (χ0n) is 26.3. The molecule has 0 aromatic rings. The third-order valence-corrected chi connectivity index (χ3v) is 3.92. The fourth-order valence-electron chi connectivity index (χ4n) is 2.60. The first-order valence-corrected chi connectivity index (χ1v) is 14.4. The molecule has 0 fully saturated rings. The average molecular weight is 569 g/mol. The van der Waals surface area contributed by atoms with Gasteiger partial charge in [-0.05, 0) is 12.3 Å². The number of unbranched alkanes of at least 4 members (excludes halogenated alkanes) is 11. The zero-order valence-corrected chi connectivity index (χ0v) is 27.8. The molecule has 0 aromatic heterocycles. The van der Waals surface area contributed by atoms with Crippen LogP contribution in [0.25, 0.3) is 0 Å². The Labute approximate surface area is 246 Å². The number of rotatable bonds is 15. The van der Waals surface area contributed by atoms with Crippen molar-refractivity contribution in [2.75, 3.05) is 0 Å². The largest absolute Gasteiger partial charge is 4.00 e. The molecule has 0 unspecified atom stereocenters. The molecule has 0 heterocycles. The molecule has 0 aliphatic heterocycles. The number of carboxylic acid groups (broad SMARTS) is 1. The quantitative estimate of drug-likeness (QED) is 0.213. The van der Waals surface area contributed by atoms with E-state index < -0.39 is 30.4 Å². The van der Waals surface area contributed by atoms with E-state index in [2.05, 4.69) is 13.8 Å². The summed E-state index contributed by atoms with van der Waals surface area (Å²) in [5, 5.41) is 46.6. The third-order valence-electron chi connectivity index (χ3n) is 3.92. The summed E-state index contributed by atoms with van der Waals surface area (Å²) >= 11 is 0. The first-order chi connectivity index (χ1) is 16.6. The molecule has 0 radical (unpaired) electrons. The molecule has 0 aromatic carbocycles. The minimum Gasteiger partial charge on any atom is -0.852 e. The van der Waals surface area contributed by atoms with Crippen molar-refractivity contribution in [2.24, 2.45) is 5.92 Å². The summed E-state index contributed by atoms with van der Waals surface area (Å²) in [7, 11) is 0. The van der Waals surface area contributed by atoms with Gasteiger partial charge in [-0.1, -0.05) is 146 Å². The van der Waals surface area contributed by atoms with Crippen LogP contribution in [0.2, 0.25) is 0 Å². The molecule has 224 valence electrons. The van der Waals surface area contributed by atoms with E-state index in [0.717, 1.165) is 18.8 Å². The molecular formula is C30H64O6Ti. The molecule has 0 aliphatic carbocycles. The second kappa shape index (κ2) is 43.1. The fraction of sp³-hybridized carbons (Fsp3) is 0.967. The van der Waals surface area contributed by atoms with Gasteiger partial charge in [0.15, 0.2) is 0 Å². The number of aliphatic carboxylic acids is 1. The third kappa shape index (κ3) is 144. The normalized spacial score (nSPS) is 9.92. The Morgan fingerprint density at radius 3 is 0.865 bits per heavy atom. The first-order valence-electron chi connectivity index (χ1n) is 14.4. The van der Waals surface area contributed by atoms with Crippen molar-refractivity contribution >= 4 is 5.97 Å². The Bertz CT molecular complexity index is 340. The molecule has 6 nitrogen and oxygen atoms in total. The summed E-state index contributed by atoms with van der Waals surface area (Å²) in [5.74, 6) is 0.212. The molecule has 0 saturated carbocycles. The molecule has 0 amide bonds. The van der Waals surface area contributed by atoms with Crippen molar-refractivity contribution in [3.05, 3.63) is 0 Å². The predicted octanol–water partition coefficient (Wildman–Crippen LogP) is 5.21. The van der Waals surface area contributed by atoms with E-state index in [1.165, 1.54) is 70.6 Å². The van der Waals surface area contributed by atoms with E-state index >= 15 is 0 Å². The van der Waals surface area contributed by atoms with E-state index in [1.807, 2.05) is 0 Å². The molecule has 0 saturated heterocycles. The Morgan fingerprint density at radius 1 is 0.486 bits per heavy atom. The van der Waals surface area contributed by atoms with Gasteiger partial charge in [-0.25, -0.2) is 0 Å². The van der Waals surface area contributed by atoms with Crippen LogP contribution in [0.15, 0.2) is 0 Å². The van der Waals surface area contributed by atoms with Crippen molar-refractivity contribution in [1.82, 2.24) is 0 Å². The topological polar surface area (TPSA) is 130 Å². The second-order valence-electron chi connectivity index (χ2n) is 10.8. The fourth-order valence-corrected chi connectivity index (χ4v) is 2.60. The van der Waals surface area contributed by atoms with Crippen LogP contribution in [0.4, 0.5) is 0 Å². The molecule has 1 N–H and O–H groups in total. The maximum absolute atomic E-state index is 10.3. The Balaban J connectivity index is -0.000000115. The van der Waals surface area contributed by atoms with Crippen LogP contribution in [0, 0.1) is 5.92 Å². The van der Waals surface area contributed by atoms with E-state index in [4.69, 9.17) is 5.11 Å². The Kier molecular flexibility index (Phi) is 58.1. The predicted molar refractivity (Wildman–Crippen MR) is 148 cm³/mol. The van der Waals surface area contributed by atoms with Gasteiger partial charge in [0.2, 0.25) is 0 Å². The monoisotopic (exact) mass is 568 g/mol. The van der Waals surface area contributed by atoms with E-state index in [9.17, 15) is 25.2 Å². The molecule has 0 atom stereocenters. The summed E-state index contributed by atoms with van der Waals surface area (Å²) < 4.78 is 0. The van der Waals surface area contributed by atoms with Crippen molar-refractivity contribution in [3.63, 3.8) is 0 Å². The van der Waals surface area contributed by atoms with Crippen LogP contribution >= 0.6 is 0 Å². The molecule has 0 bridgehead atoms. The maximum atomic E-state index is 10.3. The minimum atomic E-state index is -0.654. The van der Waals surface area contributed by atoms with E-state index in [-0.39, 0.29) is 21.7 Å². The number of carbonyl (C=O) groups is 1. The van der Waals surface area contributed by atoms with E-state index in [0.29, 0.717) is 6.42 Å². The van der Waals surface area contributed by atoms with Gasteiger partial charge in [0.25, 0.3) is 0 Å². The molecule has 7 heteroatoms. The van der Waals surface area contributed by atoms with Gasteiger partial charge in [-0.3, -0.25) is 4.79 Å². The summed E-state index contributed by atoms with van der Waals surface area (Å²) in [5.41, 5.74) is 0. The summed E-state index contributed by atoms with van der Waals surface area (Å²) in [4.78, 5) is 10.3. The van der Waals surface area contributed by atoms with Crippen molar-refractivity contribution in [3.8, 4) is 0 Å². The smallest absolute Gasteiger partial charge is 0.852 e. The zero-order chi connectivity index (χ0) is 29.4. The van der Waals surface area contributed by atoms with Crippen LogP contribution < -0.4 is 20.4 Å². The molecule has 0 aliphatic rings. The average Bonchev–Trinajstić information content (AvgIpc) is 2.66. The van der Waals surface area contributed by atoms with Gasteiger partial charge >= 0.3 is 27.7 Å². The van der Waals surface area contributed by atoms with Crippen molar-refractivity contribution < 1.29 is 52.0 Å². The van der Waals surface area contributed by atoms with Gasteiger partial charge in [0, 0.05) is 6.42 Å². The van der Waals surface area contributed by atoms with Gasteiger partial charge in [-0.15, -0.1) is 24.4 Å². The number of carboxylic acids is 1. The SMILES string of the molecule is CC(C)CCCCCCCCCCCCCCC(=O)O.CC(C)[O-].CC(C)[O-].CC(C)[O-].CC(C)[O-].[Ti+4]. The summed E-state index contributed by atoms with van der Waals surface area (Å²) in [6.07, 6.45) is 15.7. The maximum Gasteiger partial charge on any atom is 4.00 e. The van der Waals surface area contributed by atoms with Crippen molar-refractivity contribution in [1.29, 1.82) is 0 Å². The minimum absolute atomic E-state index is 0. The summed E-state index contributed by atoms with van der Waals surface area (Å²) in [6.45, 7) is 17.5. The second-order valence-corrected chi connectivity index (χ2v) is 10.8. The van der Waals surface area contributed by atoms with Crippen LogP contribution in [0.1, 0.15) is 159 Å². The molecule has 0 rings (SSSR count). The van der Waals surface area contributed by atoms with E-state index in [1.54, 1.807) is 55.4 Å². The van der Waals surface area contributed by atoms with Crippen LogP contribution in [-0.2, 0) is 26.5 Å².